The molecule has 1 aliphatic heterocycles. The lowest BCUT2D eigenvalue weighted by Gasteiger charge is -2.20. The van der Waals surface area contributed by atoms with E-state index in [9.17, 15) is 9.59 Å². The zero-order valence-corrected chi connectivity index (χ0v) is 13.4. The van der Waals surface area contributed by atoms with Gasteiger partial charge >= 0.3 is 5.97 Å². The van der Waals surface area contributed by atoms with E-state index in [1.54, 1.807) is 17.0 Å². The highest BCUT2D eigenvalue weighted by Crippen LogP contribution is 2.28. The standard InChI is InChI=1S/C15H18ClNO3S/c1-10(21-13-4-2-12(16)3-5-13)15(20)17-7-6-11(9-17)8-14(18)19/h2-5,10-11H,6-9H2,1H3,(H,18,19). The first-order chi connectivity index (χ1) is 9.95. The van der Waals surface area contributed by atoms with Crippen LogP contribution in [0.2, 0.25) is 5.02 Å². The summed E-state index contributed by atoms with van der Waals surface area (Å²) in [6.07, 6.45) is 0.916. The highest BCUT2D eigenvalue weighted by Gasteiger charge is 2.30. The van der Waals surface area contributed by atoms with Crippen molar-refractivity contribution in [3.8, 4) is 0 Å². The molecule has 1 amide bonds. The largest absolute Gasteiger partial charge is 0.481 e. The minimum absolute atomic E-state index is 0.0721. The molecular weight excluding hydrogens is 310 g/mol. The fourth-order valence-corrected chi connectivity index (χ4v) is 3.55. The van der Waals surface area contributed by atoms with E-state index < -0.39 is 5.97 Å². The summed E-state index contributed by atoms with van der Waals surface area (Å²) in [5, 5.41) is 9.30. The van der Waals surface area contributed by atoms with Gasteiger partial charge in [-0.3, -0.25) is 9.59 Å². The quantitative estimate of drug-likeness (QED) is 0.844. The van der Waals surface area contributed by atoms with Gasteiger partial charge in [-0.05, 0) is 43.5 Å². The van der Waals surface area contributed by atoms with Crippen LogP contribution in [0.5, 0.6) is 0 Å². The van der Waals surface area contributed by atoms with Crippen LogP contribution in [0.1, 0.15) is 19.8 Å². The summed E-state index contributed by atoms with van der Waals surface area (Å²) >= 11 is 7.34. The van der Waals surface area contributed by atoms with Crippen LogP contribution in [0.3, 0.4) is 0 Å². The lowest BCUT2D eigenvalue weighted by molar-refractivity contribution is -0.138. The molecule has 1 N–H and O–H groups in total. The lowest BCUT2D eigenvalue weighted by atomic mass is 10.1. The molecule has 2 atom stereocenters. The van der Waals surface area contributed by atoms with Gasteiger partial charge in [0, 0.05) is 29.4 Å². The van der Waals surface area contributed by atoms with Gasteiger partial charge in [0.05, 0.1) is 5.25 Å². The third kappa shape index (κ3) is 4.64. The van der Waals surface area contributed by atoms with Crippen molar-refractivity contribution in [2.45, 2.75) is 29.9 Å². The predicted molar refractivity (Wildman–Crippen MR) is 83.7 cm³/mol. The molecule has 1 aromatic carbocycles. The van der Waals surface area contributed by atoms with E-state index in [1.165, 1.54) is 11.8 Å². The van der Waals surface area contributed by atoms with E-state index in [0.717, 1.165) is 11.3 Å². The molecule has 1 aliphatic rings. The Balaban J connectivity index is 1.88. The Morgan fingerprint density at radius 2 is 2.10 bits per heavy atom. The van der Waals surface area contributed by atoms with E-state index >= 15 is 0 Å². The molecule has 1 saturated heterocycles. The summed E-state index contributed by atoms with van der Waals surface area (Å²) in [5.41, 5.74) is 0. The van der Waals surface area contributed by atoms with E-state index in [4.69, 9.17) is 16.7 Å². The molecule has 114 valence electrons. The van der Waals surface area contributed by atoms with Gasteiger partial charge in [0.25, 0.3) is 0 Å². The maximum atomic E-state index is 12.4. The highest BCUT2D eigenvalue weighted by atomic mass is 35.5. The van der Waals surface area contributed by atoms with Gasteiger partial charge in [0.15, 0.2) is 0 Å². The third-order valence-electron chi connectivity index (χ3n) is 3.54. The monoisotopic (exact) mass is 327 g/mol. The van der Waals surface area contributed by atoms with Crippen molar-refractivity contribution in [3.05, 3.63) is 29.3 Å². The number of thioether (sulfide) groups is 1. The number of amides is 1. The van der Waals surface area contributed by atoms with Crippen LogP contribution < -0.4 is 0 Å². The molecule has 0 spiro atoms. The van der Waals surface area contributed by atoms with Gasteiger partial charge in [-0.1, -0.05) is 11.6 Å². The average Bonchev–Trinajstić information content (AvgIpc) is 2.88. The van der Waals surface area contributed by atoms with Crippen molar-refractivity contribution in [1.82, 2.24) is 4.90 Å². The molecule has 0 bridgehead atoms. The number of carboxylic acids is 1. The molecule has 1 aromatic rings. The molecule has 0 saturated carbocycles. The van der Waals surface area contributed by atoms with E-state index in [-0.39, 0.29) is 23.5 Å². The molecule has 0 aliphatic carbocycles. The second-order valence-electron chi connectivity index (χ2n) is 5.25. The first kappa shape index (κ1) is 16.2. The Bertz CT molecular complexity index is 520. The fraction of sp³-hybridized carbons (Fsp3) is 0.467. The second-order valence-corrected chi connectivity index (χ2v) is 7.10. The van der Waals surface area contributed by atoms with Crippen LogP contribution >= 0.6 is 23.4 Å². The number of nitrogens with zero attached hydrogens (tertiary/aromatic N) is 1. The van der Waals surface area contributed by atoms with Crippen LogP contribution in [0.4, 0.5) is 0 Å². The molecule has 1 fully saturated rings. The summed E-state index contributed by atoms with van der Waals surface area (Å²) < 4.78 is 0. The number of likely N-dealkylation sites (tertiary alicyclic amines) is 1. The molecule has 6 heteroatoms. The normalized spacial score (nSPS) is 19.5. The lowest BCUT2D eigenvalue weighted by Crippen LogP contribution is -2.34. The second kappa shape index (κ2) is 7.18. The Labute approximate surface area is 133 Å². The van der Waals surface area contributed by atoms with Crippen molar-refractivity contribution in [3.63, 3.8) is 0 Å². The van der Waals surface area contributed by atoms with Crippen LogP contribution in [-0.4, -0.2) is 40.2 Å². The molecule has 21 heavy (non-hydrogen) atoms. The Morgan fingerprint density at radius 1 is 1.43 bits per heavy atom. The number of benzene rings is 1. The zero-order chi connectivity index (χ0) is 15.4. The van der Waals surface area contributed by atoms with E-state index in [0.29, 0.717) is 18.1 Å². The topological polar surface area (TPSA) is 57.6 Å². The molecule has 0 radical (unpaired) electrons. The van der Waals surface area contributed by atoms with Crippen LogP contribution in [-0.2, 0) is 9.59 Å². The predicted octanol–water partition coefficient (Wildman–Crippen LogP) is 3.14. The van der Waals surface area contributed by atoms with Crippen LogP contribution in [0.25, 0.3) is 0 Å². The van der Waals surface area contributed by atoms with Crippen molar-refractivity contribution < 1.29 is 14.7 Å². The Hall–Kier alpha value is -1.20. The summed E-state index contributed by atoms with van der Waals surface area (Å²) in [4.78, 5) is 25.9. The number of rotatable bonds is 5. The molecule has 4 nitrogen and oxygen atoms in total. The van der Waals surface area contributed by atoms with Gasteiger partial charge in [0.1, 0.15) is 0 Å². The maximum absolute atomic E-state index is 12.4. The van der Waals surface area contributed by atoms with Gasteiger partial charge in [-0.25, -0.2) is 0 Å². The summed E-state index contributed by atoms with van der Waals surface area (Å²) in [7, 11) is 0. The third-order valence-corrected chi connectivity index (χ3v) is 4.89. The summed E-state index contributed by atoms with van der Waals surface area (Å²) in [5.74, 6) is -0.639. The van der Waals surface area contributed by atoms with E-state index in [1.807, 2.05) is 19.1 Å². The number of aliphatic carboxylic acids is 1. The first-order valence-corrected chi connectivity index (χ1v) is 8.14. The van der Waals surface area contributed by atoms with Crippen molar-refractivity contribution >= 4 is 35.2 Å². The molecule has 2 unspecified atom stereocenters. The summed E-state index contributed by atoms with van der Waals surface area (Å²) in [6.45, 7) is 3.09. The first-order valence-electron chi connectivity index (χ1n) is 6.88. The molecule has 2 rings (SSSR count). The highest BCUT2D eigenvalue weighted by molar-refractivity contribution is 8.00. The summed E-state index contributed by atoms with van der Waals surface area (Å²) in [6, 6.07) is 7.40. The number of halogens is 1. The van der Waals surface area contributed by atoms with Crippen molar-refractivity contribution in [1.29, 1.82) is 0 Å². The molecule has 0 aromatic heterocycles. The van der Waals surface area contributed by atoms with Crippen molar-refractivity contribution in [2.75, 3.05) is 13.1 Å². The van der Waals surface area contributed by atoms with Gasteiger partial charge < -0.3 is 10.0 Å². The van der Waals surface area contributed by atoms with Gasteiger partial charge in [0.2, 0.25) is 5.91 Å². The number of carbonyl (C=O) groups is 2. The van der Waals surface area contributed by atoms with Crippen LogP contribution in [0, 0.1) is 5.92 Å². The Kier molecular flexibility index (Phi) is 5.53. The average molecular weight is 328 g/mol. The number of carboxylic acid groups (broad SMARTS) is 1. The molecule has 1 heterocycles. The Morgan fingerprint density at radius 3 is 2.71 bits per heavy atom. The van der Waals surface area contributed by atoms with Gasteiger partial charge in [-0.15, -0.1) is 11.8 Å². The minimum atomic E-state index is -0.794. The maximum Gasteiger partial charge on any atom is 0.303 e. The smallest absolute Gasteiger partial charge is 0.303 e. The fourth-order valence-electron chi connectivity index (χ4n) is 2.47. The van der Waals surface area contributed by atoms with Crippen molar-refractivity contribution in [2.24, 2.45) is 5.92 Å². The number of hydrogen-bond acceptors (Lipinski definition) is 3. The van der Waals surface area contributed by atoms with E-state index in [2.05, 4.69) is 0 Å². The van der Waals surface area contributed by atoms with Crippen LogP contribution in [0.15, 0.2) is 29.2 Å². The van der Waals surface area contributed by atoms with Gasteiger partial charge in [-0.2, -0.15) is 0 Å². The SMILES string of the molecule is CC(Sc1ccc(Cl)cc1)C(=O)N1CCC(CC(=O)O)C1. The molecular formula is C15H18ClNO3S. The number of carbonyl (C=O) groups excluding carboxylic acids is 1. The zero-order valence-electron chi connectivity index (χ0n) is 11.8. The minimum Gasteiger partial charge on any atom is -0.481 e. The number of hydrogen-bond donors (Lipinski definition) is 1.